The van der Waals surface area contributed by atoms with Gasteiger partial charge >= 0.3 is 5.97 Å². The summed E-state index contributed by atoms with van der Waals surface area (Å²) in [5.74, 6) is 0.130. The molecule has 0 aliphatic rings. The molecule has 0 saturated carbocycles. The first-order valence-corrected chi connectivity index (χ1v) is 7.50. The lowest BCUT2D eigenvalue weighted by atomic mass is 10.2. The van der Waals surface area contributed by atoms with Crippen molar-refractivity contribution in [3.05, 3.63) is 77.3 Å². The molecule has 4 nitrogen and oxygen atoms in total. The maximum atomic E-state index is 11.9. The van der Waals surface area contributed by atoms with Crippen LogP contribution >= 0.6 is 11.3 Å². The Labute approximate surface area is 131 Å². The lowest BCUT2D eigenvalue weighted by Gasteiger charge is -2.04. The van der Waals surface area contributed by atoms with E-state index in [9.17, 15) is 4.79 Å². The normalized spacial score (nSPS) is 10.7. The molecule has 0 bridgehead atoms. The molecular weight excluding hydrogens is 296 g/mol. The van der Waals surface area contributed by atoms with Gasteiger partial charge in [-0.1, -0.05) is 18.2 Å². The summed E-state index contributed by atoms with van der Waals surface area (Å²) in [6.07, 6.45) is 3.44. The van der Waals surface area contributed by atoms with Crippen molar-refractivity contribution in [2.24, 2.45) is 4.99 Å². The van der Waals surface area contributed by atoms with Crippen molar-refractivity contribution in [2.75, 3.05) is 0 Å². The van der Waals surface area contributed by atoms with Crippen LogP contribution < -0.4 is 4.74 Å². The minimum atomic E-state index is -0.371. The first-order valence-electron chi connectivity index (χ1n) is 6.62. The van der Waals surface area contributed by atoms with E-state index in [0.29, 0.717) is 16.4 Å². The minimum Gasteiger partial charge on any atom is -0.423 e. The highest BCUT2D eigenvalue weighted by Crippen LogP contribution is 2.16. The number of thiazole rings is 1. The third-order valence-corrected chi connectivity index (χ3v) is 3.52. The number of carbonyl (C=O) groups is 1. The molecule has 0 unspecified atom stereocenters. The highest BCUT2D eigenvalue weighted by molar-refractivity contribution is 7.13. The fourth-order valence-electron chi connectivity index (χ4n) is 1.77. The highest BCUT2D eigenvalue weighted by Gasteiger charge is 2.07. The van der Waals surface area contributed by atoms with E-state index in [1.807, 2.05) is 23.6 Å². The van der Waals surface area contributed by atoms with Crippen LogP contribution in [0, 0.1) is 0 Å². The van der Waals surface area contributed by atoms with Gasteiger partial charge in [-0.3, -0.25) is 0 Å². The summed E-state index contributed by atoms with van der Waals surface area (Å²) in [5.41, 5.74) is 1.44. The van der Waals surface area contributed by atoms with Gasteiger partial charge in [0.1, 0.15) is 5.75 Å². The van der Waals surface area contributed by atoms with Crippen LogP contribution in [0.2, 0.25) is 0 Å². The van der Waals surface area contributed by atoms with Crippen molar-refractivity contribution in [2.45, 2.75) is 0 Å². The second kappa shape index (κ2) is 6.78. The second-order valence-corrected chi connectivity index (χ2v) is 5.27. The number of benzene rings is 2. The van der Waals surface area contributed by atoms with Crippen LogP contribution in [0.3, 0.4) is 0 Å². The Hall–Kier alpha value is -2.79. The zero-order valence-corrected chi connectivity index (χ0v) is 12.4. The number of hydrogen-bond donors (Lipinski definition) is 0. The quantitative estimate of drug-likeness (QED) is 0.414. The monoisotopic (exact) mass is 308 g/mol. The van der Waals surface area contributed by atoms with Crippen molar-refractivity contribution < 1.29 is 9.53 Å². The molecule has 0 radical (unpaired) electrons. The first-order chi connectivity index (χ1) is 10.8. The molecule has 2 aromatic carbocycles. The summed E-state index contributed by atoms with van der Waals surface area (Å²) in [6.45, 7) is 0. The van der Waals surface area contributed by atoms with Gasteiger partial charge in [0.15, 0.2) is 0 Å². The number of ether oxygens (including phenoxy) is 1. The lowest BCUT2D eigenvalue weighted by molar-refractivity contribution is 0.0735. The number of rotatable bonds is 4. The number of nitrogens with zero attached hydrogens (tertiary/aromatic N) is 2. The third kappa shape index (κ3) is 3.65. The van der Waals surface area contributed by atoms with Crippen LogP contribution in [0.25, 0.3) is 0 Å². The highest BCUT2D eigenvalue weighted by atomic mass is 32.1. The van der Waals surface area contributed by atoms with Crippen molar-refractivity contribution in [3.63, 3.8) is 0 Å². The molecule has 3 aromatic rings. The van der Waals surface area contributed by atoms with E-state index in [-0.39, 0.29) is 5.97 Å². The van der Waals surface area contributed by atoms with E-state index in [1.54, 1.807) is 48.8 Å². The molecule has 5 heteroatoms. The zero-order valence-electron chi connectivity index (χ0n) is 11.5. The van der Waals surface area contributed by atoms with Crippen molar-refractivity contribution >= 4 is 28.7 Å². The van der Waals surface area contributed by atoms with Gasteiger partial charge in [0.05, 0.1) is 5.56 Å². The van der Waals surface area contributed by atoms with Gasteiger partial charge in [0.2, 0.25) is 5.13 Å². The summed E-state index contributed by atoms with van der Waals surface area (Å²) in [7, 11) is 0. The molecule has 3 rings (SSSR count). The molecule has 1 heterocycles. The Morgan fingerprint density at radius 2 is 1.86 bits per heavy atom. The number of hydrogen-bond acceptors (Lipinski definition) is 5. The summed E-state index contributed by atoms with van der Waals surface area (Å²) in [4.78, 5) is 20.2. The van der Waals surface area contributed by atoms with Gasteiger partial charge in [0.25, 0.3) is 0 Å². The maximum absolute atomic E-state index is 11.9. The Bertz CT molecular complexity index is 766. The fraction of sp³-hybridized carbons (Fsp3) is 0. The third-order valence-electron chi connectivity index (χ3n) is 2.84. The predicted octanol–water partition coefficient (Wildman–Crippen LogP) is 4.11. The van der Waals surface area contributed by atoms with Gasteiger partial charge < -0.3 is 4.74 Å². The van der Waals surface area contributed by atoms with E-state index in [2.05, 4.69) is 9.98 Å². The maximum Gasteiger partial charge on any atom is 0.343 e. The largest absolute Gasteiger partial charge is 0.423 e. The lowest BCUT2D eigenvalue weighted by Crippen LogP contribution is -2.07. The van der Waals surface area contributed by atoms with Crippen LogP contribution in [0.15, 0.2) is 71.2 Å². The molecule has 0 saturated heterocycles. The molecule has 0 spiro atoms. The molecule has 108 valence electrons. The average molecular weight is 308 g/mol. The minimum absolute atomic E-state index is 0.371. The van der Waals surface area contributed by atoms with E-state index < -0.39 is 0 Å². The summed E-state index contributed by atoms with van der Waals surface area (Å²) in [5, 5.41) is 2.58. The summed E-state index contributed by atoms with van der Waals surface area (Å²) >= 11 is 1.47. The van der Waals surface area contributed by atoms with Gasteiger partial charge in [-0.05, 0) is 42.0 Å². The molecule has 0 atom stereocenters. The van der Waals surface area contributed by atoms with E-state index in [1.165, 1.54) is 11.3 Å². The van der Waals surface area contributed by atoms with Crippen LogP contribution in [0.4, 0.5) is 5.13 Å². The van der Waals surface area contributed by atoms with Crippen LogP contribution in [0.5, 0.6) is 5.75 Å². The predicted molar refractivity (Wildman–Crippen MR) is 87.2 cm³/mol. The van der Waals surface area contributed by atoms with Gasteiger partial charge in [0, 0.05) is 17.8 Å². The summed E-state index contributed by atoms with van der Waals surface area (Å²) in [6, 6.07) is 16.1. The summed E-state index contributed by atoms with van der Waals surface area (Å²) < 4.78 is 5.31. The number of carbonyl (C=O) groups excluding carboxylic acids is 1. The first kappa shape index (κ1) is 14.2. The number of esters is 1. The molecule has 0 aliphatic carbocycles. The van der Waals surface area contributed by atoms with E-state index in [4.69, 9.17) is 4.74 Å². The van der Waals surface area contributed by atoms with Crippen LogP contribution in [-0.4, -0.2) is 17.2 Å². The molecule has 0 fully saturated rings. The number of aromatic nitrogens is 1. The Balaban J connectivity index is 1.65. The fourth-order valence-corrected chi connectivity index (χ4v) is 2.25. The molecule has 0 aliphatic heterocycles. The van der Waals surface area contributed by atoms with E-state index >= 15 is 0 Å². The van der Waals surface area contributed by atoms with Crippen molar-refractivity contribution in [1.82, 2.24) is 4.98 Å². The van der Waals surface area contributed by atoms with Gasteiger partial charge in [-0.25, -0.2) is 14.8 Å². The van der Waals surface area contributed by atoms with Gasteiger partial charge in [-0.15, -0.1) is 11.3 Å². The van der Waals surface area contributed by atoms with E-state index in [0.717, 1.165) is 5.56 Å². The Kier molecular flexibility index (Phi) is 4.36. The molecule has 22 heavy (non-hydrogen) atoms. The second-order valence-electron chi connectivity index (χ2n) is 4.40. The molecule has 0 amide bonds. The smallest absolute Gasteiger partial charge is 0.343 e. The standard InChI is InChI=1S/C17H12N2O2S/c20-16(14-4-2-1-3-5-14)21-15-8-6-13(7-9-15)12-19-17-18-10-11-22-17/h1-12H. The molecule has 1 aromatic heterocycles. The topological polar surface area (TPSA) is 51.5 Å². The van der Waals surface area contributed by atoms with Crippen molar-refractivity contribution in [3.8, 4) is 5.75 Å². The van der Waals surface area contributed by atoms with Crippen LogP contribution in [-0.2, 0) is 0 Å². The van der Waals surface area contributed by atoms with Gasteiger partial charge in [-0.2, -0.15) is 0 Å². The Morgan fingerprint density at radius 3 is 2.55 bits per heavy atom. The SMILES string of the molecule is O=C(Oc1ccc(C=Nc2nccs2)cc1)c1ccccc1. The van der Waals surface area contributed by atoms with Crippen molar-refractivity contribution in [1.29, 1.82) is 0 Å². The molecular formula is C17H12N2O2S. The Morgan fingerprint density at radius 1 is 1.09 bits per heavy atom. The molecule has 0 N–H and O–H groups in total. The number of aliphatic imine (C=N–C) groups is 1. The van der Waals surface area contributed by atoms with Crippen LogP contribution in [0.1, 0.15) is 15.9 Å². The zero-order chi connectivity index (χ0) is 15.2. The average Bonchev–Trinajstić information content (AvgIpc) is 3.08.